The molecule has 18 heavy (non-hydrogen) atoms. The Balaban J connectivity index is 3.33. The summed E-state index contributed by atoms with van der Waals surface area (Å²) in [5.41, 5.74) is 0. The Kier molecular flexibility index (Phi) is 11.9. The van der Waals surface area contributed by atoms with Crippen LogP contribution in [0.25, 0.3) is 0 Å². The van der Waals surface area contributed by atoms with E-state index in [4.69, 9.17) is 5.11 Å². The maximum absolute atomic E-state index is 8.68. The van der Waals surface area contributed by atoms with E-state index >= 15 is 0 Å². The van der Waals surface area contributed by atoms with E-state index in [0.717, 1.165) is 6.42 Å². The van der Waals surface area contributed by atoms with Crippen LogP contribution < -0.4 is 0 Å². The normalized spacial score (nSPS) is 12.0. The van der Waals surface area contributed by atoms with Crippen molar-refractivity contribution < 1.29 is 5.11 Å². The molecule has 2 heteroatoms. The minimum absolute atomic E-state index is 0.361. The molecular weight excluding hydrogens is 222 g/mol. The van der Waals surface area contributed by atoms with Gasteiger partial charge < -0.3 is 5.11 Å². The van der Waals surface area contributed by atoms with Gasteiger partial charge in [-0.15, -0.1) is 0 Å². The first-order valence-electron chi connectivity index (χ1n) is 7.96. The summed E-state index contributed by atoms with van der Waals surface area (Å²) in [7, 11) is 0. The van der Waals surface area contributed by atoms with Crippen molar-refractivity contribution in [2.75, 3.05) is 13.2 Å². The van der Waals surface area contributed by atoms with E-state index < -0.39 is 0 Å². The molecule has 1 N–H and O–H groups in total. The molecule has 0 fully saturated rings. The molecule has 0 aliphatic carbocycles. The smallest absolute Gasteiger partial charge is 0.0431 e. The highest BCUT2D eigenvalue weighted by atomic mass is 16.2. The maximum Gasteiger partial charge on any atom is 0.0431 e. The van der Waals surface area contributed by atoms with Gasteiger partial charge in [-0.1, -0.05) is 38.5 Å². The van der Waals surface area contributed by atoms with Crippen molar-refractivity contribution in [1.29, 1.82) is 0 Å². The van der Waals surface area contributed by atoms with E-state index in [9.17, 15) is 0 Å². The van der Waals surface area contributed by atoms with Gasteiger partial charge in [-0.2, -0.15) is 0 Å². The summed E-state index contributed by atoms with van der Waals surface area (Å²) in [6.07, 6.45) is 10.3. The second-order valence-corrected chi connectivity index (χ2v) is 5.98. The molecule has 0 aliphatic heterocycles. The molecule has 0 saturated carbocycles. The lowest BCUT2D eigenvalue weighted by Gasteiger charge is -2.30. The molecule has 0 atom stereocenters. The largest absolute Gasteiger partial charge is 0.396 e. The van der Waals surface area contributed by atoms with Crippen LogP contribution in [0.4, 0.5) is 0 Å². The Morgan fingerprint density at radius 3 is 1.44 bits per heavy atom. The van der Waals surface area contributed by atoms with Crippen molar-refractivity contribution in [2.24, 2.45) is 0 Å². The molecule has 0 amide bonds. The summed E-state index contributed by atoms with van der Waals surface area (Å²) in [6, 6.07) is 1.34. The molecule has 0 saturated heterocycles. The number of hydrogen-bond donors (Lipinski definition) is 1. The molecule has 0 rings (SSSR count). The Hall–Kier alpha value is -0.0800. The van der Waals surface area contributed by atoms with Gasteiger partial charge in [-0.3, -0.25) is 4.90 Å². The lowest BCUT2D eigenvalue weighted by molar-refractivity contribution is 0.171. The van der Waals surface area contributed by atoms with Crippen LogP contribution in [0, 0.1) is 0 Å². The molecule has 0 unspecified atom stereocenters. The Morgan fingerprint density at radius 1 is 0.667 bits per heavy atom. The average Bonchev–Trinajstić information content (AvgIpc) is 2.30. The zero-order valence-corrected chi connectivity index (χ0v) is 13.1. The van der Waals surface area contributed by atoms with Gasteiger partial charge in [-0.05, 0) is 47.1 Å². The molecular formula is C16H35NO. The van der Waals surface area contributed by atoms with E-state index in [2.05, 4.69) is 32.6 Å². The highest BCUT2D eigenvalue weighted by Crippen LogP contribution is 2.11. The fraction of sp³-hybridized carbons (Fsp3) is 1.00. The highest BCUT2D eigenvalue weighted by molar-refractivity contribution is 4.67. The Bertz CT molecular complexity index is 160. The van der Waals surface area contributed by atoms with Gasteiger partial charge >= 0.3 is 0 Å². The van der Waals surface area contributed by atoms with Gasteiger partial charge in [0.1, 0.15) is 0 Å². The van der Waals surface area contributed by atoms with Crippen molar-refractivity contribution >= 4 is 0 Å². The second-order valence-electron chi connectivity index (χ2n) is 5.98. The Labute approximate surface area is 115 Å². The molecule has 110 valence electrons. The van der Waals surface area contributed by atoms with Crippen molar-refractivity contribution in [1.82, 2.24) is 4.90 Å². The molecule has 0 bridgehead atoms. The van der Waals surface area contributed by atoms with Crippen LogP contribution >= 0.6 is 0 Å². The summed E-state index contributed by atoms with van der Waals surface area (Å²) < 4.78 is 0. The molecule has 0 spiro atoms. The summed E-state index contributed by atoms with van der Waals surface area (Å²) in [5.74, 6) is 0. The second kappa shape index (κ2) is 12.0. The van der Waals surface area contributed by atoms with Crippen molar-refractivity contribution in [2.45, 2.75) is 91.1 Å². The van der Waals surface area contributed by atoms with Crippen molar-refractivity contribution in [3.8, 4) is 0 Å². The summed E-state index contributed by atoms with van der Waals surface area (Å²) in [5, 5.41) is 8.68. The van der Waals surface area contributed by atoms with Gasteiger partial charge in [0, 0.05) is 18.7 Å². The number of rotatable bonds is 12. The maximum atomic E-state index is 8.68. The fourth-order valence-electron chi connectivity index (χ4n) is 2.58. The van der Waals surface area contributed by atoms with Crippen molar-refractivity contribution in [3.63, 3.8) is 0 Å². The topological polar surface area (TPSA) is 23.5 Å². The number of unbranched alkanes of at least 4 members (excludes halogenated alkanes) is 7. The summed E-state index contributed by atoms with van der Waals surface area (Å²) in [6.45, 7) is 10.8. The van der Waals surface area contributed by atoms with Crippen LogP contribution in [0.1, 0.15) is 79.1 Å². The van der Waals surface area contributed by atoms with Crippen LogP contribution in [-0.2, 0) is 0 Å². The zero-order chi connectivity index (χ0) is 13.8. The minimum atomic E-state index is 0.361. The van der Waals surface area contributed by atoms with E-state index in [0.29, 0.717) is 18.7 Å². The van der Waals surface area contributed by atoms with E-state index in [1.807, 2.05) is 0 Å². The van der Waals surface area contributed by atoms with E-state index in [1.165, 1.54) is 51.5 Å². The monoisotopic (exact) mass is 257 g/mol. The molecule has 0 heterocycles. The lowest BCUT2D eigenvalue weighted by Crippen LogP contribution is -2.37. The summed E-state index contributed by atoms with van der Waals surface area (Å²) >= 11 is 0. The quantitative estimate of drug-likeness (QED) is 0.529. The number of hydrogen-bond acceptors (Lipinski definition) is 2. The third-order valence-corrected chi connectivity index (χ3v) is 3.65. The van der Waals surface area contributed by atoms with E-state index in [1.54, 1.807) is 0 Å². The van der Waals surface area contributed by atoms with Crippen LogP contribution in [0.15, 0.2) is 0 Å². The first-order valence-corrected chi connectivity index (χ1v) is 7.96. The molecule has 0 aromatic rings. The van der Waals surface area contributed by atoms with Crippen LogP contribution in [0.2, 0.25) is 0 Å². The fourth-order valence-corrected chi connectivity index (χ4v) is 2.58. The molecule has 0 aromatic carbocycles. The van der Waals surface area contributed by atoms with Gasteiger partial charge in [-0.25, -0.2) is 0 Å². The van der Waals surface area contributed by atoms with Gasteiger partial charge in [0.2, 0.25) is 0 Å². The number of nitrogens with zero attached hydrogens (tertiary/aromatic N) is 1. The summed E-state index contributed by atoms with van der Waals surface area (Å²) in [4.78, 5) is 2.58. The third kappa shape index (κ3) is 9.90. The minimum Gasteiger partial charge on any atom is -0.396 e. The standard InChI is InChI=1S/C16H35NO/c1-15(2)17(16(3)4)13-11-9-7-5-6-8-10-12-14-18/h15-16,18H,5-14H2,1-4H3. The highest BCUT2D eigenvalue weighted by Gasteiger charge is 2.11. The van der Waals surface area contributed by atoms with Crippen molar-refractivity contribution in [3.05, 3.63) is 0 Å². The van der Waals surface area contributed by atoms with E-state index in [-0.39, 0.29) is 0 Å². The van der Waals surface area contributed by atoms with Gasteiger partial charge in [0.25, 0.3) is 0 Å². The van der Waals surface area contributed by atoms with Gasteiger partial charge in [0.15, 0.2) is 0 Å². The van der Waals surface area contributed by atoms with Gasteiger partial charge in [0.05, 0.1) is 0 Å². The average molecular weight is 257 g/mol. The van der Waals surface area contributed by atoms with Crippen LogP contribution in [-0.4, -0.2) is 35.2 Å². The van der Waals surface area contributed by atoms with Crippen LogP contribution in [0.3, 0.4) is 0 Å². The molecule has 2 nitrogen and oxygen atoms in total. The lowest BCUT2D eigenvalue weighted by atomic mass is 10.1. The predicted octanol–water partition coefficient (Wildman–Crippen LogP) is 4.22. The number of aliphatic hydroxyl groups is 1. The Morgan fingerprint density at radius 2 is 1.06 bits per heavy atom. The molecule has 0 aromatic heterocycles. The first kappa shape index (κ1) is 17.9. The van der Waals surface area contributed by atoms with Crippen LogP contribution in [0.5, 0.6) is 0 Å². The third-order valence-electron chi connectivity index (χ3n) is 3.65. The predicted molar refractivity (Wildman–Crippen MR) is 81.0 cm³/mol. The SMILES string of the molecule is CC(C)N(CCCCCCCCCCO)C(C)C. The zero-order valence-electron chi connectivity index (χ0n) is 13.1. The first-order chi connectivity index (χ1) is 8.59. The number of aliphatic hydroxyl groups excluding tert-OH is 1. The molecule has 0 aliphatic rings. The molecule has 0 radical (unpaired) electrons.